The normalized spacial score (nSPS) is 9.82. The van der Waals surface area contributed by atoms with Crippen molar-refractivity contribution < 1.29 is 14.7 Å². The lowest BCUT2D eigenvalue weighted by Crippen LogP contribution is -2.19. The molecule has 6 heteroatoms. The van der Waals surface area contributed by atoms with Gasteiger partial charge in [-0.1, -0.05) is 0 Å². The third-order valence-corrected chi connectivity index (χ3v) is 3.08. The van der Waals surface area contributed by atoms with E-state index in [1.807, 2.05) is 6.92 Å². The van der Waals surface area contributed by atoms with Crippen LogP contribution in [0.5, 0.6) is 5.06 Å². The molecule has 0 aliphatic heterocycles. The fraction of sp³-hybridized carbons (Fsp3) is 0.200. The summed E-state index contributed by atoms with van der Waals surface area (Å²) in [6.45, 7) is 1.91. The van der Waals surface area contributed by atoms with Crippen molar-refractivity contribution >= 4 is 34.6 Å². The second-order valence-electron chi connectivity index (χ2n) is 1.91. The molecule has 0 aliphatic carbocycles. The van der Waals surface area contributed by atoms with Crippen LogP contribution in [-0.2, 0) is 0 Å². The van der Waals surface area contributed by atoms with E-state index in [1.54, 1.807) is 6.07 Å². The second kappa shape index (κ2) is 3.58. The molecule has 11 heavy (non-hydrogen) atoms. The van der Waals surface area contributed by atoms with E-state index in [1.165, 1.54) is 11.3 Å². The maximum Gasteiger partial charge on any atom is 0.708 e. The number of rotatable bonds is 2. The molecule has 1 aromatic rings. The van der Waals surface area contributed by atoms with Crippen LogP contribution in [0.3, 0.4) is 0 Å². The Morgan fingerprint density at radius 2 is 2.27 bits per heavy atom. The minimum Gasteiger partial charge on any atom is -0.504 e. The van der Waals surface area contributed by atoms with Gasteiger partial charge in [0, 0.05) is 15.4 Å². The molecule has 2 N–H and O–H groups in total. The summed E-state index contributed by atoms with van der Waals surface area (Å²) in [5.41, 5.74) is 0. The predicted octanol–water partition coefficient (Wildman–Crippen LogP) is 1.17. The molecule has 0 saturated heterocycles. The highest BCUT2D eigenvalue weighted by molar-refractivity contribution is 9.10. The van der Waals surface area contributed by atoms with Gasteiger partial charge in [-0.15, -0.1) is 11.3 Å². The minimum atomic E-state index is -1.74. The van der Waals surface area contributed by atoms with Gasteiger partial charge in [-0.3, -0.25) is 0 Å². The number of hydrogen-bond donors (Lipinski definition) is 2. The molecule has 3 nitrogen and oxygen atoms in total. The Labute approximate surface area is 76.9 Å². The van der Waals surface area contributed by atoms with Crippen LogP contribution >= 0.6 is 27.3 Å². The fourth-order valence-corrected chi connectivity index (χ4v) is 1.97. The maximum absolute atomic E-state index is 8.43. The van der Waals surface area contributed by atoms with E-state index in [2.05, 4.69) is 20.6 Å². The molecular formula is C5H6BBrO3S. The average molecular weight is 237 g/mol. The standard InChI is InChI=1S/C5H6BBrO3S/c1-3-4(7)2-5(11-3)10-6(8)9/h2,8-9H,1H3. The van der Waals surface area contributed by atoms with Gasteiger partial charge in [0.1, 0.15) is 0 Å². The minimum absolute atomic E-state index is 0.490. The average Bonchev–Trinajstić information content (AvgIpc) is 2.10. The fourth-order valence-electron chi connectivity index (χ4n) is 0.596. The van der Waals surface area contributed by atoms with Crippen LogP contribution in [0.1, 0.15) is 4.88 Å². The van der Waals surface area contributed by atoms with Gasteiger partial charge in [0.15, 0.2) is 5.06 Å². The van der Waals surface area contributed by atoms with Crippen LogP contribution in [0.4, 0.5) is 0 Å². The van der Waals surface area contributed by atoms with Crippen molar-refractivity contribution in [2.45, 2.75) is 6.92 Å². The van der Waals surface area contributed by atoms with E-state index >= 15 is 0 Å². The predicted molar refractivity (Wildman–Crippen MR) is 47.6 cm³/mol. The van der Waals surface area contributed by atoms with E-state index < -0.39 is 7.32 Å². The number of halogens is 1. The molecule has 0 unspecified atom stereocenters. The molecule has 60 valence electrons. The largest absolute Gasteiger partial charge is 0.708 e. The van der Waals surface area contributed by atoms with Gasteiger partial charge < -0.3 is 14.7 Å². The zero-order valence-corrected chi connectivity index (χ0v) is 8.15. The van der Waals surface area contributed by atoms with Gasteiger partial charge in [0.05, 0.1) is 0 Å². The summed E-state index contributed by atoms with van der Waals surface area (Å²) in [6.07, 6.45) is 0. The first-order valence-electron chi connectivity index (χ1n) is 2.88. The van der Waals surface area contributed by atoms with E-state index in [4.69, 9.17) is 10.0 Å². The van der Waals surface area contributed by atoms with Gasteiger partial charge in [-0.25, -0.2) is 0 Å². The molecule has 1 heterocycles. The summed E-state index contributed by atoms with van der Waals surface area (Å²) in [6, 6.07) is 1.69. The smallest absolute Gasteiger partial charge is 0.504 e. The molecule has 0 spiro atoms. The van der Waals surface area contributed by atoms with E-state index in [9.17, 15) is 0 Å². The van der Waals surface area contributed by atoms with Crippen molar-refractivity contribution in [2.24, 2.45) is 0 Å². The summed E-state index contributed by atoms with van der Waals surface area (Å²) in [7, 11) is -1.74. The lowest BCUT2D eigenvalue weighted by molar-refractivity contribution is 0.291. The van der Waals surface area contributed by atoms with Crippen molar-refractivity contribution in [1.82, 2.24) is 0 Å². The van der Waals surface area contributed by atoms with E-state index in [0.29, 0.717) is 5.06 Å². The van der Waals surface area contributed by atoms with Crippen molar-refractivity contribution in [3.63, 3.8) is 0 Å². The van der Waals surface area contributed by atoms with Crippen molar-refractivity contribution in [2.75, 3.05) is 0 Å². The van der Waals surface area contributed by atoms with E-state index in [-0.39, 0.29) is 0 Å². The number of hydrogen-bond acceptors (Lipinski definition) is 4. The Hall–Kier alpha value is -0.0351. The van der Waals surface area contributed by atoms with Crippen LogP contribution < -0.4 is 4.65 Å². The Kier molecular flexibility index (Phi) is 2.94. The third kappa shape index (κ3) is 2.48. The maximum atomic E-state index is 8.43. The van der Waals surface area contributed by atoms with Crippen molar-refractivity contribution in [3.05, 3.63) is 15.4 Å². The van der Waals surface area contributed by atoms with Crippen LogP contribution in [0.15, 0.2) is 10.5 Å². The summed E-state index contributed by atoms with van der Waals surface area (Å²) in [4.78, 5) is 1.04. The Morgan fingerprint density at radius 3 is 2.64 bits per heavy atom. The summed E-state index contributed by atoms with van der Waals surface area (Å²) >= 11 is 4.63. The highest BCUT2D eigenvalue weighted by Crippen LogP contribution is 2.32. The lowest BCUT2D eigenvalue weighted by Gasteiger charge is -1.97. The van der Waals surface area contributed by atoms with Gasteiger partial charge in [-0.2, -0.15) is 0 Å². The molecule has 0 aromatic carbocycles. The topological polar surface area (TPSA) is 49.7 Å². The van der Waals surface area contributed by atoms with Gasteiger partial charge >= 0.3 is 7.32 Å². The molecule has 0 aliphatic rings. The Bertz CT molecular complexity index is 230. The molecular weight excluding hydrogens is 231 g/mol. The summed E-state index contributed by atoms with van der Waals surface area (Å²) < 4.78 is 5.53. The molecule has 0 fully saturated rings. The van der Waals surface area contributed by atoms with Gasteiger partial charge in [-0.05, 0) is 22.9 Å². The highest BCUT2D eigenvalue weighted by atomic mass is 79.9. The lowest BCUT2D eigenvalue weighted by atomic mass is 10.3. The van der Waals surface area contributed by atoms with Crippen LogP contribution in [0.2, 0.25) is 0 Å². The zero-order chi connectivity index (χ0) is 8.43. The SMILES string of the molecule is Cc1sc(OB(O)O)cc1Br. The van der Waals surface area contributed by atoms with Gasteiger partial charge in [0.2, 0.25) is 0 Å². The monoisotopic (exact) mass is 236 g/mol. The van der Waals surface area contributed by atoms with Crippen molar-refractivity contribution in [1.29, 1.82) is 0 Å². The molecule has 1 rings (SSSR count). The van der Waals surface area contributed by atoms with Gasteiger partial charge in [0.25, 0.3) is 0 Å². The molecule has 0 saturated carbocycles. The number of thiophene rings is 1. The molecule has 0 radical (unpaired) electrons. The quantitative estimate of drug-likeness (QED) is 0.759. The van der Waals surface area contributed by atoms with Crippen LogP contribution in [-0.4, -0.2) is 17.4 Å². The van der Waals surface area contributed by atoms with E-state index in [0.717, 1.165) is 9.35 Å². The number of aryl methyl sites for hydroxylation is 1. The molecule has 0 amide bonds. The molecule has 1 aromatic heterocycles. The first-order valence-corrected chi connectivity index (χ1v) is 4.49. The second-order valence-corrected chi connectivity index (χ2v) is 3.99. The third-order valence-electron chi connectivity index (χ3n) is 1.06. The molecule has 0 bridgehead atoms. The molecule has 0 atom stereocenters. The zero-order valence-electron chi connectivity index (χ0n) is 5.74. The van der Waals surface area contributed by atoms with Crippen molar-refractivity contribution in [3.8, 4) is 5.06 Å². The first-order chi connectivity index (χ1) is 5.09. The van der Waals surface area contributed by atoms with Crippen LogP contribution in [0.25, 0.3) is 0 Å². The first kappa shape index (κ1) is 9.06. The van der Waals surface area contributed by atoms with Crippen LogP contribution in [0, 0.1) is 6.92 Å². The highest BCUT2D eigenvalue weighted by Gasteiger charge is 2.13. The summed E-state index contributed by atoms with van der Waals surface area (Å²) in [5.74, 6) is 0. The summed E-state index contributed by atoms with van der Waals surface area (Å²) in [5, 5.41) is 17.4. The Morgan fingerprint density at radius 1 is 1.64 bits per heavy atom. The Balaban J connectivity index is 2.73.